The van der Waals surface area contributed by atoms with Crippen LogP contribution in [0, 0.1) is 22.7 Å². The van der Waals surface area contributed by atoms with Crippen LogP contribution in [-0.4, -0.2) is 13.7 Å². The first-order valence-electron chi connectivity index (χ1n) is 18.3. The fourth-order valence-corrected chi connectivity index (χ4v) is 8.82. The lowest BCUT2D eigenvalue weighted by atomic mass is 9.98. The van der Waals surface area contributed by atoms with Gasteiger partial charge in [-0.15, -0.1) is 0 Å². The van der Waals surface area contributed by atoms with E-state index in [0.29, 0.717) is 11.1 Å². The molecule has 0 aliphatic carbocycles. The van der Waals surface area contributed by atoms with Gasteiger partial charge in [0.15, 0.2) is 0 Å². The van der Waals surface area contributed by atoms with Gasteiger partial charge >= 0.3 is 0 Å². The van der Waals surface area contributed by atoms with Crippen LogP contribution >= 0.6 is 0 Å². The van der Waals surface area contributed by atoms with Gasteiger partial charge in [0.05, 0.1) is 55.6 Å². The molecule has 5 heteroatoms. The molecule has 11 rings (SSSR count). The number of nitriles is 2. The molecule has 0 saturated carbocycles. The summed E-state index contributed by atoms with van der Waals surface area (Å²) < 4.78 is 6.85. The molecule has 0 fully saturated rings. The van der Waals surface area contributed by atoms with Gasteiger partial charge in [-0.2, -0.15) is 10.5 Å². The monoisotopic (exact) mass is 699 g/mol. The molecular weight excluding hydrogens is 671 g/mol. The fraction of sp³-hybridized carbons (Fsp3) is 0. The predicted octanol–water partition coefficient (Wildman–Crippen LogP) is 12.4. The lowest BCUT2D eigenvalue weighted by Gasteiger charge is -2.18. The fourth-order valence-electron chi connectivity index (χ4n) is 8.82. The zero-order valence-electron chi connectivity index (χ0n) is 29.5. The molecule has 0 saturated heterocycles. The van der Waals surface area contributed by atoms with Crippen LogP contribution in [-0.2, 0) is 0 Å². The van der Waals surface area contributed by atoms with E-state index < -0.39 is 0 Å². The van der Waals surface area contributed by atoms with Crippen LogP contribution in [0.15, 0.2) is 176 Å². The third-order valence-corrected chi connectivity index (χ3v) is 11.1. The normalized spacial score (nSPS) is 11.6. The van der Waals surface area contributed by atoms with E-state index in [-0.39, 0.29) is 0 Å². The number of fused-ring (bicyclic) bond motifs is 9. The second-order valence-electron chi connectivity index (χ2n) is 14.0. The number of aromatic nitrogens is 3. The summed E-state index contributed by atoms with van der Waals surface area (Å²) >= 11 is 0. The molecule has 11 aromatic rings. The summed E-state index contributed by atoms with van der Waals surface area (Å²) in [6.07, 6.45) is 0. The first kappa shape index (κ1) is 30.7. The Morgan fingerprint density at radius 3 is 1.40 bits per heavy atom. The Morgan fingerprint density at radius 2 is 0.800 bits per heavy atom. The lowest BCUT2D eigenvalue weighted by Crippen LogP contribution is -2.05. The molecule has 0 unspecified atom stereocenters. The maximum Gasteiger partial charge on any atom is 0.101 e. The Morgan fingerprint density at radius 1 is 0.345 bits per heavy atom. The molecule has 0 spiro atoms. The van der Waals surface area contributed by atoms with E-state index >= 15 is 0 Å². The Hall–Kier alpha value is -7.86. The van der Waals surface area contributed by atoms with Crippen LogP contribution in [0.25, 0.3) is 93.6 Å². The summed E-state index contributed by atoms with van der Waals surface area (Å²) in [5.41, 5.74) is 12.1. The van der Waals surface area contributed by atoms with Crippen molar-refractivity contribution in [1.29, 1.82) is 10.5 Å². The van der Waals surface area contributed by atoms with Gasteiger partial charge in [0.2, 0.25) is 0 Å². The highest BCUT2D eigenvalue weighted by atomic mass is 15.1. The van der Waals surface area contributed by atoms with E-state index in [4.69, 9.17) is 0 Å². The van der Waals surface area contributed by atoms with Gasteiger partial charge in [-0.05, 0) is 77.9 Å². The Bertz CT molecular complexity index is 3400. The van der Waals surface area contributed by atoms with Crippen LogP contribution in [0.4, 0.5) is 0 Å². The van der Waals surface area contributed by atoms with Gasteiger partial charge in [-0.3, -0.25) is 0 Å². The second-order valence-corrected chi connectivity index (χ2v) is 14.0. The van der Waals surface area contributed by atoms with E-state index in [1.807, 2.05) is 24.3 Å². The molecule has 0 amide bonds. The average Bonchev–Trinajstić information content (AvgIpc) is 3.89. The minimum absolute atomic E-state index is 0.337. The Balaban J connectivity index is 1.22. The number of hydrogen-bond acceptors (Lipinski definition) is 2. The van der Waals surface area contributed by atoms with E-state index in [1.165, 1.54) is 16.3 Å². The molecule has 0 bridgehead atoms. The van der Waals surface area contributed by atoms with Gasteiger partial charge in [-0.1, -0.05) is 109 Å². The van der Waals surface area contributed by atoms with E-state index in [9.17, 15) is 10.5 Å². The van der Waals surface area contributed by atoms with Crippen molar-refractivity contribution in [1.82, 2.24) is 13.7 Å². The first-order valence-corrected chi connectivity index (χ1v) is 18.3. The number of para-hydroxylation sites is 5. The van der Waals surface area contributed by atoms with Gasteiger partial charge in [-0.25, -0.2) is 0 Å². The number of benzene rings is 8. The van der Waals surface area contributed by atoms with Gasteiger partial charge in [0.25, 0.3) is 0 Å². The van der Waals surface area contributed by atoms with E-state index in [2.05, 4.69) is 177 Å². The van der Waals surface area contributed by atoms with Crippen LogP contribution in [0.1, 0.15) is 11.1 Å². The largest absolute Gasteiger partial charge is 0.309 e. The maximum absolute atomic E-state index is 10.4. The summed E-state index contributed by atoms with van der Waals surface area (Å²) in [6.45, 7) is 0. The van der Waals surface area contributed by atoms with Crippen molar-refractivity contribution in [2.24, 2.45) is 0 Å². The van der Waals surface area contributed by atoms with Crippen molar-refractivity contribution in [3.05, 3.63) is 187 Å². The summed E-state index contributed by atoms with van der Waals surface area (Å²) in [5, 5.41) is 27.6. The van der Waals surface area contributed by atoms with Crippen molar-refractivity contribution in [2.75, 3.05) is 0 Å². The third kappa shape index (κ3) is 4.39. The van der Waals surface area contributed by atoms with Crippen molar-refractivity contribution in [3.8, 4) is 40.3 Å². The first-order chi connectivity index (χ1) is 27.2. The van der Waals surface area contributed by atoms with Gasteiger partial charge in [0, 0.05) is 38.0 Å². The quantitative estimate of drug-likeness (QED) is 0.184. The highest BCUT2D eigenvalue weighted by Crippen LogP contribution is 2.43. The van der Waals surface area contributed by atoms with Crippen LogP contribution in [0.2, 0.25) is 0 Å². The number of hydrogen-bond donors (Lipinski definition) is 0. The molecule has 55 heavy (non-hydrogen) atoms. The predicted molar refractivity (Wildman–Crippen MR) is 224 cm³/mol. The molecule has 0 aliphatic rings. The van der Waals surface area contributed by atoms with E-state index in [1.54, 1.807) is 0 Å². The molecular formula is C50H29N5. The SMILES string of the molecule is N#Cc1cc(-n2c3ccccc3c3ccccc32)c(-n2c3ccccc3c3c(-c4ccc5c(c4)c4ccccc4n5-c4ccccc4)cccc32)cc1C#N. The summed E-state index contributed by atoms with van der Waals surface area (Å²) in [6, 6.07) is 66.1. The van der Waals surface area contributed by atoms with E-state index in [0.717, 1.165) is 77.3 Å². The summed E-state index contributed by atoms with van der Waals surface area (Å²) in [5.74, 6) is 0. The van der Waals surface area contributed by atoms with Gasteiger partial charge in [0.1, 0.15) is 12.1 Å². The molecule has 254 valence electrons. The van der Waals surface area contributed by atoms with Crippen molar-refractivity contribution >= 4 is 65.4 Å². The number of rotatable bonds is 4. The summed E-state index contributed by atoms with van der Waals surface area (Å²) in [7, 11) is 0. The molecule has 0 radical (unpaired) electrons. The maximum atomic E-state index is 10.4. The summed E-state index contributed by atoms with van der Waals surface area (Å²) in [4.78, 5) is 0. The Kier molecular flexibility index (Phi) is 6.61. The van der Waals surface area contributed by atoms with Crippen molar-refractivity contribution in [2.45, 2.75) is 0 Å². The highest BCUT2D eigenvalue weighted by Gasteiger charge is 2.23. The molecule has 8 aromatic carbocycles. The zero-order valence-corrected chi connectivity index (χ0v) is 29.5. The van der Waals surface area contributed by atoms with Crippen LogP contribution < -0.4 is 0 Å². The third-order valence-electron chi connectivity index (χ3n) is 11.1. The smallest absolute Gasteiger partial charge is 0.101 e. The van der Waals surface area contributed by atoms with Crippen LogP contribution in [0.3, 0.4) is 0 Å². The number of nitrogens with zero attached hydrogens (tertiary/aromatic N) is 5. The molecule has 0 atom stereocenters. The molecule has 3 aromatic heterocycles. The molecule has 3 heterocycles. The minimum atomic E-state index is 0.337. The second kappa shape index (κ2) is 11.8. The van der Waals surface area contributed by atoms with Crippen molar-refractivity contribution in [3.63, 3.8) is 0 Å². The topological polar surface area (TPSA) is 62.4 Å². The molecule has 0 aliphatic heterocycles. The minimum Gasteiger partial charge on any atom is -0.309 e. The Labute approximate surface area is 316 Å². The van der Waals surface area contributed by atoms with Crippen molar-refractivity contribution < 1.29 is 0 Å². The average molecular weight is 700 g/mol. The lowest BCUT2D eigenvalue weighted by molar-refractivity contribution is 1.09. The standard InChI is InChI=1S/C50H29N5/c51-30-33-28-48(54-43-21-9-4-15-37(43)38-16-5-10-22-44(38)54)49(29-34(33)31-52)55-45-23-11-7-18-40(45)50-36(19-12-24-47(50)55)32-25-26-46-41(27-32)39-17-6-8-20-42(39)53(46)35-13-2-1-3-14-35/h1-29H. The molecule has 0 N–H and O–H groups in total. The highest BCUT2D eigenvalue weighted by molar-refractivity contribution is 6.18. The van der Waals surface area contributed by atoms with Gasteiger partial charge < -0.3 is 13.7 Å². The van der Waals surface area contributed by atoms with Crippen LogP contribution in [0.5, 0.6) is 0 Å². The molecule has 5 nitrogen and oxygen atoms in total. The zero-order chi connectivity index (χ0) is 36.6.